The Labute approximate surface area is 282 Å². The number of para-hydroxylation sites is 1. The van der Waals surface area contributed by atoms with Crippen LogP contribution in [0.25, 0.3) is 21.9 Å². The number of nitrogens with one attached hydrogen (secondary N) is 2. The van der Waals surface area contributed by atoms with Crippen LogP contribution in [-0.4, -0.2) is 68.5 Å². The van der Waals surface area contributed by atoms with Gasteiger partial charge in [0, 0.05) is 54.1 Å². The Morgan fingerprint density at radius 2 is 1.67 bits per heavy atom. The van der Waals surface area contributed by atoms with Gasteiger partial charge in [-0.3, -0.25) is 39.1 Å². The van der Waals surface area contributed by atoms with Crippen LogP contribution in [0.1, 0.15) is 68.9 Å². The van der Waals surface area contributed by atoms with Crippen molar-refractivity contribution in [2.45, 2.75) is 51.4 Å². The summed E-state index contributed by atoms with van der Waals surface area (Å²) in [7, 11) is 2.12. The number of imide groups is 2. The number of piperidine rings is 1. The highest BCUT2D eigenvalue weighted by molar-refractivity contribution is 6.24. The van der Waals surface area contributed by atoms with Crippen molar-refractivity contribution in [3.8, 4) is 0 Å². The first-order chi connectivity index (χ1) is 23.5. The summed E-state index contributed by atoms with van der Waals surface area (Å²) >= 11 is 0. The summed E-state index contributed by atoms with van der Waals surface area (Å²) in [5, 5.41) is 7.43. The lowest BCUT2D eigenvalue weighted by molar-refractivity contribution is -0.136. The fourth-order valence-corrected chi connectivity index (χ4v) is 6.78. The minimum Gasteiger partial charge on any atom is -0.348 e. The van der Waals surface area contributed by atoms with E-state index in [4.69, 9.17) is 0 Å². The number of hydrogen-bond acceptors (Lipinski definition) is 7. The number of hydrogen-bond donors (Lipinski definition) is 2. The summed E-state index contributed by atoms with van der Waals surface area (Å²) in [6, 6.07) is 23.9. The van der Waals surface area contributed by atoms with Gasteiger partial charge in [0.15, 0.2) is 0 Å². The van der Waals surface area contributed by atoms with Crippen LogP contribution in [0.4, 0.5) is 0 Å². The molecule has 2 aromatic heterocycles. The van der Waals surface area contributed by atoms with Gasteiger partial charge >= 0.3 is 0 Å². The lowest BCUT2D eigenvalue weighted by Gasteiger charge is -2.36. The van der Waals surface area contributed by atoms with Gasteiger partial charge in [-0.25, -0.2) is 4.98 Å². The SMILES string of the molecule is CN(CCn1c2ccccc2c2cccnc21)C(C)(C)c1ccc(CNC(=O)c2ccc3c(c2)C(=O)N(C2CCC(=O)NC2=O)C3=O)cc1. The maximum Gasteiger partial charge on any atom is 0.262 e. The summed E-state index contributed by atoms with van der Waals surface area (Å²) < 4.78 is 2.28. The Hall–Kier alpha value is -5.68. The number of amides is 5. The van der Waals surface area contributed by atoms with Crippen molar-refractivity contribution < 1.29 is 24.0 Å². The van der Waals surface area contributed by atoms with Crippen LogP contribution in [0.3, 0.4) is 0 Å². The van der Waals surface area contributed by atoms with Crippen molar-refractivity contribution in [2.75, 3.05) is 13.6 Å². The lowest BCUT2D eigenvalue weighted by Crippen LogP contribution is -2.54. The Morgan fingerprint density at radius 3 is 2.45 bits per heavy atom. The van der Waals surface area contributed by atoms with Gasteiger partial charge in [0.1, 0.15) is 11.7 Å². The van der Waals surface area contributed by atoms with E-state index in [0.29, 0.717) is 0 Å². The molecule has 0 saturated carbocycles. The lowest BCUT2D eigenvalue weighted by atomic mass is 9.92. The molecule has 2 aliphatic heterocycles. The molecular formula is C38H36N6O5. The first kappa shape index (κ1) is 31.9. The highest BCUT2D eigenvalue weighted by atomic mass is 16.2. The fraction of sp³-hybridized carbons (Fsp3) is 0.263. The third-order valence-corrected chi connectivity index (χ3v) is 9.96. The Bertz CT molecular complexity index is 2120. The first-order valence-corrected chi connectivity index (χ1v) is 16.3. The zero-order valence-corrected chi connectivity index (χ0v) is 27.5. The highest BCUT2D eigenvalue weighted by Gasteiger charge is 2.44. The number of fused-ring (bicyclic) bond motifs is 4. The molecule has 4 heterocycles. The van der Waals surface area contributed by atoms with Crippen molar-refractivity contribution in [1.82, 2.24) is 30.0 Å². The second-order valence-electron chi connectivity index (χ2n) is 13.1. The van der Waals surface area contributed by atoms with Crippen LogP contribution in [0.15, 0.2) is 85.1 Å². The van der Waals surface area contributed by atoms with E-state index in [2.05, 4.69) is 88.4 Å². The highest BCUT2D eigenvalue weighted by Crippen LogP contribution is 2.31. The number of benzene rings is 3. The van der Waals surface area contributed by atoms with Crippen LogP contribution in [0, 0.1) is 0 Å². The number of carbonyl (C=O) groups excluding carboxylic acids is 5. The summed E-state index contributed by atoms with van der Waals surface area (Å²) in [5.74, 6) is -2.78. The summed E-state index contributed by atoms with van der Waals surface area (Å²) in [4.78, 5) is 71.0. The van der Waals surface area contributed by atoms with Gasteiger partial charge in [-0.2, -0.15) is 0 Å². The maximum absolute atomic E-state index is 13.2. The van der Waals surface area contributed by atoms with Crippen molar-refractivity contribution in [3.05, 3.63) is 113 Å². The number of carbonyl (C=O) groups is 5. The van der Waals surface area contributed by atoms with Gasteiger partial charge in [0.2, 0.25) is 11.8 Å². The van der Waals surface area contributed by atoms with Crippen LogP contribution in [0.2, 0.25) is 0 Å². The van der Waals surface area contributed by atoms with Gasteiger partial charge < -0.3 is 9.88 Å². The number of aromatic nitrogens is 2. The smallest absolute Gasteiger partial charge is 0.262 e. The van der Waals surface area contributed by atoms with Gasteiger partial charge in [-0.15, -0.1) is 0 Å². The average Bonchev–Trinajstić information content (AvgIpc) is 3.56. The minimum atomic E-state index is -1.06. The second-order valence-corrected chi connectivity index (χ2v) is 13.1. The van der Waals surface area contributed by atoms with Crippen LogP contribution in [-0.2, 0) is 28.2 Å². The van der Waals surface area contributed by atoms with E-state index in [1.54, 1.807) is 0 Å². The van der Waals surface area contributed by atoms with Gasteiger partial charge in [0.05, 0.1) is 16.6 Å². The van der Waals surface area contributed by atoms with Crippen molar-refractivity contribution >= 4 is 51.5 Å². The third kappa shape index (κ3) is 5.65. The Morgan fingerprint density at radius 1 is 0.939 bits per heavy atom. The molecule has 7 rings (SSSR count). The molecule has 0 spiro atoms. The number of rotatable bonds is 9. The predicted molar refractivity (Wildman–Crippen MR) is 184 cm³/mol. The molecular weight excluding hydrogens is 620 g/mol. The summed E-state index contributed by atoms with van der Waals surface area (Å²) in [6.07, 6.45) is 1.94. The molecule has 1 fully saturated rings. The van der Waals surface area contributed by atoms with E-state index in [-0.39, 0.29) is 41.6 Å². The molecule has 2 N–H and O–H groups in total. The molecule has 0 bridgehead atoms. The molecule has 2 aliphatic rings. The van der Waals surface area contributed by atoms with E-state index in [1.807, 2.05) is 24.4 Å². The summed E-state index contributed by atoms with van der Waals surface area (Å²) in [5.41, 5.74) is 4.33. The monoisotopic (exact) mass is 656 g/mol. The van der Waals surface area contributed by atoms with Crippen molar-refractivity contribution in [1.29, 1.82) is 0 Å². The molecule has 5 aromatic rings. The van der Waals surface area contributed by atoms with Gasteiger partial charge in [0.25, 0.3) is 17.7 Å². The van der Waals surface area contributed by atoms with Gasteiger partial charge in [-0.1, -0.05) is 42.5 Å². The molecule has 0 radical (unpaired) electrons. The average molecular weight is 657 g/mol. The van der Waals surface area contributed by atoms with E-state index in [0.717, 1.165) is 40.1 Å². The molecule has 3 aromatic carbocycles. The number of nitrogens with zero attached hydrogens (tertiary/aromatic N) is 4. The van der Waals surface area contributed by atoms with Crippen LogP contribution in [0.5, 0.6) is 0 Å². The normalized spacial score (nSPS) is 16.5. The fourth-order valence-electron chi connectivity index (χ4n) is 6.78. The zero-order valence-electron chi connectivity index (χ0n) is 27.5. The molecule has 0 aliphatic carbocycles. The molecule has 5 amide bonds. The minimum absolute atomic E-state index is 0.0359. The van der Waals surface area contributed by atoms with E-state index < -0.39 is 35.6 Å². The third-order valence-electron chi connectivity index (χ3n) is 9.96. The molecule has 1 unspecified atom stereocenters. The topological polar surface area (TPSA) is 134 Å². The second kappa shape index (κ2) is 12.4. The van der Waals surface area contributed by atoms with E-state index in [9.17, 15) is 24.0 Å². The molecule has 1 atom stereocenters. The Balaban J connectivity index is 0.983. The Kier molecular flexibility index (Phi) is 8.07. The van der Waals surface area contributed by atoms with Crippen LogP contribution >= 0.6 is 0 Å². The van der Waals surface area contributed by atoms with E-state index in [1.165, 1.54) is 29.1 Å². The van der Waals surface area contributed by atoms with Crippen LogP contribution < -0.4 is 10.6 Å². The predicted octanol–water partition coefficient (Wildman–Crippen LogP) is 4.39. The zero-order chi connectivity index (χ0) is 34.4. The van der Waals surface area contributed by atoms with Crippen molar-refractivity contribution in [2.24, 2.45) is 0 Å². The largest absolute Gasteiger partial charge is 0.348 e. The quantitative estimate of drug-likeness (QED) is 0.225. The standard InChI is InChI=1S/C38H36N6O5/c1-38(2,42(3)19-20-43-30-9-5-4-7-26(30)27-8-6-18-39-33(27)43)25-13-10-23(11-14-25)22-40-34(46)24-12-15-28-29(21-24)37(49)44(36(28)48)31-16-17-32(45)41-35(31)47/h4-15,18,21,31H,16-17,19-20,22H2,1-3H3,(H,40,46)(H,41,45,47). The van der Waals surface area contributed by atoms with E-state index >= 15 is 0 Å². The number of likely N-dealkylation sites (N-methyl/N-ethyl adjacent to an activating group) is 1. The molecule has 11 nitrogen and oxygen atoms in total. The first-order valence-electron chi connectivity index (χ1n) is 16.3. The molecule has 248 valence electrons. The number of pyridine rings is 1. The van der Waals surface area contributed by atoms with Crippen molar-refractivity contribution in [3.63, 3.8) is 0 Å². The van der Waals surface area contributed by atoms with Gasteiger partial charge in [-0.05, 0) is 74.8 Å². The molecule has 1 saturated heterocycles. The maximum atomic E-state index is 13.2. The molecule has 49 heavy (non-hydrogen) atoms. The molecule has 11 heteroatoms. The summed E-state index contributed by atoms with van der Waals surface area (Å²) in [6.45, 7) is 6.23.